The molecule has 6 aromatic rings. The fourth-order valence-corrected chi connectivity index (χ4v) is 12.1. The second-order valence-electron chi connectivity index (χ2n) is 13.6. The standard InChI is InChI=1S/C20H19ClFN3O3S2.C20H19ClFN3O2S2/c1-28-16-5-2-14(3-6-16)18-13-29-20(23-18)24-8-10-25(11-9-24)30(26,27)19-7-4-15(22)12-17(19)21;1-14-2-4-15(5-3-14)18-13-28-20(23-18)24-8-10-25(11-9-24)29(26,27)19-7-6-16(22)12-17(19)21/h2-7,12-13H,8-11H2,1H3;2-7,12-13H,8-11H2,1H3. The molecular weight excluding hydrogens is 882 g/mol. The van der Waals surface area contributed by atoms with Crippen LogP contribution in [0.5, 0.6) is 5.75 Å². The first-order chi connectivity index (χ1) is 28.2. The Hall–Kier alpha value is -4.20. The first-order valence-electron chi connectivity index (χ1n) is 18.3. The molecule has 19 heteroatoms. The summed E-state index contributed by atoms with van der Waals surface area (Å²) in [6.07, 6.45) is 0. The molecule has 0 unspecified atom stereocenters. The summed E-state index contributed by atoms with van der Waals surface area (Å²) in [7, 11) is -5.92. The van der Waals surface area contributed by atoms with Crippen molar-refractivity contribution in [3.63, 3.8) is 0 Å². The highest BCUT2D eigenvalue weighted by Gasteiger charge is 2.32. The number of methoxy groups -OCH3 is 1. The Labute approximate surface area is 360 Å². The van der Waals surface area contributed by atoms with Gasteiger partial charge in [0.15, 0.2) is 10.3 Å². The Balaban J connectivity index is 0.000000179. The van der Waals surface area contributed by atoms with E-state index >= 15 is 0 Å². The Bertz CT molecular complexity index is 2630. The van der Waals surface area contributed by atoms with E-state index in [9.17, 15) is 25.6 Å². The molecule has 310 valence electrons. The van der Waals surface area contributed by atoms with Crippen molar-refractivity contribution < 1.29 is 30.4 Å². The summed E-state index contributed by atoms with van der Waals surface area (Å²) in [6, 6.07) is 22.6. The number of thiazole rings is 2. The molecule has 4 aromatic carbocycles. The van der Waals surface area contributed by atoms with Gasteiger partial charge in [-0.3, -0.25) is 0 Å². The van der Waals surface area contributed by atoms with Crippen molar-refractivity contribution in [3.8, 4) is 28.3 Å². The maximum atomic E-state index is 13.3. The van der Waals surface area contributed by atoms with Gasteiger partial charge < -0.3 is 14.5 Å². The van der Waals surface area contributed by atoms with Crippen LogP contribution in [0.15, 0.2) is 105 Å². The van der Waals surface area contributed by atoms with E-state index in [1.165, 1.54) is 37.6 Å². The number of hydrogen-bond donors (Lipinski definition) is 0. The predicted molar refractivity (Wildman–Crippen MR) is 231 cm³/mol. The van der Waals surface area contributed by atoms with E-state index in [0.717, 1.165) is 62.8 Å². The minimum absolute atomic E-state index is 0.0649. The highest BCUT2D eigenvalue weighted by atomic mass is 35.5. The van der Waals surface area contributed by atoms with Crippen LogP contribution in [-0.4, -0.2) is 94.9 Å². The van der Waals surface area contributed by atoms with Gasteiger partial charge in [-0.2, -0.15) is 8.61 Å². The molecule has 8 rings (SSSR count). The molecule has 0 spiro atoms. The maximum Gasteiger partial charge on any atom is 0.244 e. The number of hydrogen-bond acceptors (Lipinski definition) is 11. The lowest BCUT2D eigenvalue weighted by molar-refractivity contribution is 0.384. The van der Waals surface area contributed by atoms with Crippen molar-refractivity contribution in [1.82, 2.24) is 18.6 Å². The number of halogens is 4. The van der Waals surface area contributed by atoms with Gasteiger partial charge in [0.1, 0.15) is 27.2 Å². The van der Waals surface area contributed by atoms with Crippen LogP contribution in [-0.2, 0) is 20.0 Å². The normalized spacial score (nSPS) is 15.5. The summed E-state index contributed by atoms with van der Waals surface area (Å²) in [5.41, 5.74) is 5.03. The van der Waals surface area contributed by atoms with Gasteiger partial charge in [-0.1, -0.05) is 53.0 Å². The second kappa shape index (κ2) is 18.2. The van der Waals surface area contributed by atoms with Crippen LogP contribution in [0, 0.1) is 18.6 Å². The summed E-state index contributed by atoms with van der Waals surface area (Å²) < 4.78 is 86.0. The average Bonchev–Trinajstić information content (AvgIpc) is 3.93. The number of nitrogens with zero attached hydrogens (tertiary/aromatic N) is 6. The third-order valence-electron chi connectivity index (χ3n) is 9.76. The van der Waals surface area contributed by atoms with Crippen LogP contribution < -0.4 is 14.5 Å². The quantitative estimate of drug-likeness (QED) is 0.141. The van der Waals surface area contributed by atoms with Gasteiger partial charge in [0.25, 0.3) is 0 Å². The number of aromatic nitrogens is 2. The number of sulfonamides is 2. The molecule has 2 aliphatic rings. The van der Waals surface area contributed by atoms with Gasteiger partial charge in [0.05, 0.1) is 28.5 Å². The molecule has 0 aliphatic carbocycles. The van der Waals surface area contributed by atoms with Crippen molar-refractivity contribution in [3.05, 3.63) is 123 Å². The van der Waals surface area contributed by atoms with Crippen molar-refractivity contribution in [2.75, 3.05) is 69.3 Å². The third-order valence-corrected chi connectivity index (χ3v) is 16.3. The minimum Gasteiger partial charge on any atom is -0.497 e. The molecule has 0 radical (unpaired) electrons. The molecule has 2 fully saturated rings. The van der Waals surface area contributed by atoms with Crippen LogP contribution in [0.4, 0.5) is 19.0 Å². The lowest BCUT2D eigenvalue weighted by Gasteiger charge is -2.33. The van der Waals surface area contributed by atoms with E-state index in [4.69, 9.17) is 37.9 Å². The first-order valence-corrected chi connectivity index (χ1v) is 23.7. The monoisotopic (exact) mass is 918 g/mol. The Morgan fingerprint density at radius 2 is 0.983 bits per heavy atom. The zero-order valence-electron chi connectivity index (χ0n) is 31.8. The van der Waals surface area contributed by atoms with E-state index in [0.29, 0.717) is 52.4 Å². The van der Waals surface area contributed by atoms with Crippen LogP contribution in [0.2, 0.25) is 10.0 Å². The van der Waals surface area contributed by atoms with Crippen LogP contribution in [0.1, 0.15) is 5.56 Å². The fraction of sp³-hybridized carbons (Fsp3) is 0.250. The molecular formula is C40H38Cl2F2N6O5S4. The third kappa shape index (κ3) is 9.73. The number of piperazine rings is 2. The topological polar surface area (TPSA) is 116 Å². The molecule has 2 saturated heterocycles. The van der Waals surface area contributed by atoms with E-state index in [-0.39, 0.29) is 19.8 Å². The molecule has 0 atom stereocenters. The second-order valence-corrected chi connectivity index (χ2v) is 19.9. The summed E-state index contributed by atoms with van der Waals surface area (Å²) in [4.78, 5) is 13.4. The molecule has 0 N–H and O–H groups in total. The number of ether oxygens (including phenoxy) is 1. The largest absolute Gasteiger partial charge is 0.497 e. The highest BCUT2D eigenvalue weighted by molar-refractivity contribution is 7.89. The number of aryl methyl sites for hydroxylation is 1. The molecule has 0 amide bonds. The summed E-state index contributed by atoms with van der Waals surface area (Å²) >= 11 is 15.0. The zero-order valence-corrected chi connectivity index (χ0v) is 36.5. The molecule has 59 heavy (non-hydrogen) atoms. The van der Waals surface area contributed by atoms with Gasteiger partial charge in [0.2, 0.25) is 20.0 Å². The molecule has 2 aliphatic heterocycles. The number of anilines is 2. The van der Waals surface area contributed by atoms with E-state index < -0.39 is 31.7 Å². The summed E-state index contributed by atoms with van der Waals surface area (Å²) in [6.45, 7) is 5.34. The molecule has 0 saturated carbocycles. The van der Waals surface area contributed by atoms with Crippen LogP contribution in [0.25, 0.3) is 22.5 Å². The van der Waals surface area contributed by atoms with Crippen LogP contribution in [0.3, 0.4) is 0 Å². The summed E-state index contributed by atoms with van der Waals surface area (Å²) in [5, 5.41) is 5.51. The Morgan fingerprint density at radius 1 is 0.593 bits per heavy atom. The first kappa shape index (κ1) is 42.9. The fourth-order valence-electron chi connectivity index (χ4n) is 6.46. The van der Waals surface area contributed by atoms with Gasteiger partial charge in [-0.25, -0.2) is 35.6 Å². The number of benzene rings is 4. The summed E-state index contributed by atoms with van der Waals surface area (Å²) in [5.74, 6) is -0.347. The Morgan fingerprint density at radius 3 is 1.36 bits per heavy atom. The molecule has 4 heterocycles. The maximum absolute atomic E-state index is 13.3. The number of rotatable bonds is 9. The zero-order chi connectivity index (χ0) is 41.9. The van der Waals surface area contributed by atoms with Gasteiger partial charge >= 0.3 is 0 Å². The Kier molecular flexibility index (Phi) is 13.2. The minimum atomic E-state index is -3.78. The van der Waals surface area contributed by atoms with Crippen molar-refractivity contribution in [2.45, 2.75) is 16.7 Å². The molecule has 11 nitrogen and oxygen atoms in total. The van der Waals surface area contributed by atoms with E-state index in [1.807, 2.05) is 54.1 Å². The highest BCUT2D eigenvalue weighted by Crippen LogP contribution is 2.33. The lowest BCUT2D eigenvalue weighted by Crippen LogP contribution is -2.48. The SMILES string of the molecule is COc1ccc(-c2csc(N3CCN(S(=O)(=O)c4ccc(F)cc4Cl)CC3)n2)cc1.Cc1ccc(-c2csc(N3CCN(S(=O)(=O)c4ccc(F)cc4Cl)CC3)n2)cc1. The molecule has 2 aromatic heterocycles. The van der Waals surface area contributed by atoms with Crippen LogP contribution >= 0.6 is 45.9 Å². The van der Waals surface area contributed by atoms with Crippen molar-refractivity contribution in [2.24, 2.45) is 0 Å². The average molecular weight is 920 g/mol. The van der Waals surface area contributed by atoms with Gasteiger partial charge in [0, 0.05) is 74.2 Å². The van der Waals surface area contributed by atoms with Gasteiger partial charge in [-0.05, 0) is 67.6 Å². The van der Waals surface area contributed by atoms with Crippen molar-refractivity contribution >= 4 is 76.2 Å². The van der Waals surface area contributed by atoms with Gasteiger partial charge in [-0.15, -0.1) is 22.7 Å². The smallest absolute Gasteiger partial charge is 0.244 e. The lowest BCUT2D eigenvalue weighted by atomic mass is 10.1. The predicted octanol–water partition coefficient (Wildman–Crippen LogP) is 8.54. The van der Waals surface area contributed by atoms with Crippen molar-refractivity contribution in [1.29, 1.82) is 0 Å². The van der Waals surface area contributed by atoms with E-state index in [1.54, 1.807) is 18.4 Å². The molecule has 0 bridgehead atoms. The van der Waals surface area contributed by atoms with E-state index in [2.05, 4.69) is 21.9 Å².